The van der Waals surface area contributed by atoms with Crippen LogP contribution in [0.5, 0.6) is 0 Å². The zero-order valence-electron chi connectivity index (χ0n) is 17.9. The molecule has 0 aliphatic carbocycles. The normalized spacial score (nSPS) is 13.9. The topological polar surface area (TPSA) is 52.7 Å². The van der Waals surface area contributed by atoms with Crippen LogP contribution >= 0.6 is 34.2 Å². The van der Waals surface area contributed by atoms with Gasteiger partial charge in [-0.3, -0.25) is 9.59 Å². The van der Waals surface area contributed by atoms with Crippen molar-refractivity contribution in [3.05, 3.63) is 98.6 Å². The van der Waals surface area contributed by atoms with Crippen molar-refractivity contribution < 1.29 is 9.59 Å². The van der Waals surface area contributed by atoms with E-state index in [1.165, 1.54) is 0 Å². The second-order valence-electron chi connectivity index (χ2n) is 7.66. The van der Waals surface area contributed by atoms with Crippen LogP contribution in [0.15, 0.2) is 78.9 Å². The van der Waals surface area contributed by atoms with Gasteiger partial charge in [0.15, 0.2) is 0 Å². The summed E-state index contributed by atoms with van der Waals surface area (Å²) in [6.45, 7) is 2.63. The van der Waals surface area contributed by atoms with Gasteiger partial charge in [0.1, 0.15) is 0 Å². The van der Waals surface area contributed by atoms with Crippen molar-refractivity contribution in [2.24, 2.45) is 0 Å². The number of rotatable bonds is 5. The first-order chi connectivity index (χ1) is 16.0. The zero-order valence-corrected chi connectivity index (χ0v) is 20.8. The van der Waals surface area contributed by atoms with Crippen LogP contribution in [0.4, 0.5) is 11.4 Å². The first kappa shape index (κ1) is 23.3. The summed E-state index contributed by atoms with van der Waals surface area (Å²) in [6.07, 6.45) is 3.47. The van der Waals surface area contributed by atoms with Gasteiger partial charge in [0, 0.05) is 41.5 Å². The fraction of sp³-hybridized carbons (Fsp3) is 0.154. The molecule has 0 spiro atoms. The van der Waals surface area contributed by atoms with Gasteiger partial charge in [-0.25, -0.2) is 0 Å². The second-order valence-corrected chi connectivity index (χ2v) is 9.23. The summed E-state index contributed by atoms with van der Waals surface area (Å²) in [6, 6.07) is 22.8. The Hall–Kier alpha value is -2.84. The quantitative estimate of drug-likeness (QED) is 0.322. The molecule has 0 saturated carbocycles. The van der Waals surface area contributed by atoms with Gasteiger partial charge in [-0.2, -0.15) is 0 Å². The molecule has 3 aromatic carbocycles. The van der Waals surface area contributed by atoms with Crippen LogP contribution < -0.4 is 10.2 Å². The number of nitrogens with zero attached hydrogens (tertiary/aromatic N) is 2. The molecule has 0 atom stereocenters. The van der Waals surface area contributed by atoms with E-state index in [0.717, 1.165) is 14.8 Å². The molecule has 0 radical (unpaired) electrons. The lowest BCUT2D eigenvalue weighted by atomic mass is 10.2. The largest absolute Gasteiger partial charge is 0.367 e. The molecule has 3 aromatic rings. The zero-order chi connectivity index (χ0) is 23.2. The lowest BCUT2D eigenvalue weighted by Crippen LogP contribution is -2.48. The number of halogens is 2. The van der Waals surface area contributed by atoms with Crippen molar-refractivity contribution in [3.8, 4) is 0 Å². The summed E-state index contributed by atoms with van der Waals surface area (Å²) >= 11 is 8.70. The third-order valence-electron chi connectivity index (χ3n) is 5.47. The number of amides is 2. The third-order valence-corrected chi connectivity index (χ3v) is 6.72. The molecule has 0 bridgehead atoms. The van der Waals surface area contributed by atoms with Crippen molar-refractivity contribution in [2.45, 2.75) is 0 Å². The summed E-state index contributed by atoms with van der Waals surface area (Å²) in [5.41, 5.74) is 3.18. The minimum atomic E-state index is -0.167. The Kier molecular flexibility index (Phi) is 7.67. The van der Waals surface area contributed by atoms with Crippen LogP contribution in [-0.2, 0) is 4.79 Å². The van der Waals surface area contributed by atoms with Gasteiger partial charge in [-0.05, 0) is 64.6 Å². The highest BCUT2D eigenvalue weighted by Crippen LogP contribution is 2.30. The van der Waals surface area contributed by atoms with Gasteiger partial charge in [0.25, 0.3) is 5.91 Å². The van der Waals surface area contributed by atoms with Gasteiger partial charge in [0.05, 0.1) is 16.3 Å². The summed E-state index contributed by atoms with van der Waals surface area (Å²) in [5, 5.41) is 3.48. The van der Waals surface area contributed by atoms with E-state index in [0.29, 0.717) is 42.5 Å². The van der Waals surface area contributed by atoms with E-state index in [1.54, 1.807) is 18.2 Å². The van der Waals surface area contributed by atoms with Crippen molar-refractivity contribution in [3.63, 3.8) is 0 Å². The maximum absolute atomic E-state index is 12.6. The smallest absolute Gasteiger partial charge is 0.256 e. The molecule has 1 aliphatic rings. The maximum atomic E-state index is 12.6. The monoisotopic (exact) mass is 571 g/mol. The molecule has 1 fully saturated rings. The number of carbonyl (C=O) groups excluding carboxylic acids is 2. The minimum absolute atomic E-state index is 0.0122. The van der Waals surface area contributed by atoms with Gasteiger partial charge in [-0.15, -0.1) is 0 Å². The highest BCUT2D eigenvalue weighted by atomic mass is 127. The third kappa shape index (κ3) is 5.94. The number of hydrogen-bond donors (Lipinski definition) is 1. The van der Waals surface area contributed by atoms with Crippen LogP contribution in [0.25, 0.3) is 6.08 Å². The molecule has 0 aromatic heterocycles. The van der Waals surface area contributed by atoms with E-state index >= 15 is 0 Å². The molecule has 33 heavy (non-hydrogen) atoms. The van der Waals surface area contributed by atoms with Gasteiger partial charge >= 0.3 is 0 Å². The molecule has 2 amide bonds. The highest BCUT2D eigenvalue weighted by Gasteiger charge is 2.21. The number of piperazine rings is 1. The fourth-order valence-corrected chi connectivity index (χ4v) is 4.62. The van der Waals surface area contributed by atoms with Crippen LogP contribution in [0.1, 0.15) is 15.9 Å². The second kappa shape index (κ2) is 10.9. The van der Waals surface area contributed by atoms with E-state index in [9.17, 15) is 9.59 Å². The highest BCUT2D eigenvalue weighted by molar-refractivity contribution is 14.1. The molecule has 5 nitrogen and oxygen atoms in total. The lowest BCUT2D eigenvalue weighted by Gasteiger charge is -2.36. The summed E-state index contributed by atoms with van der Waals surface area (Å²) in [4.78, 5) is 29.1. The SMILES string of the molecule is O=C(Nc1ccc(N2CCN(C(=O)/C=C/c3ccccc3)CC2)c(Cl)c1)c1ccccc1I. The minimum Gasteiger partial charge on any atom is -0.367 e. The predicted molar refractivity (Wildman–Crippen MR) is 143 cm³/mol. The number of hydrogen-bond acceptors (Lipinski definition) is 3. The molecule has 1 N–H and O–H groups in total. The number of benzene rings is 3. The Morgan fingerprint density at radius 2 is 1.61 bits per heavy atom. The standard InChI is InChI=1S/C26H23ClIN3O2/c27-22-18-20(29-26(33)21-8-4-5-9-23(21)28)11-12-24(22)30-14-16-31(17-15-30)25(32)13-10-19-6-2-1-3-7-19/h1-13,18H,14-17H2,(H,29,33)/b13-10+. The van der Waals surface area contributed by atoms with Gasteiger partial charge in [-0.1, -0.05) is 54.1 Å². The first-order valence-electron chi connectivity index (χ1n) is 10.6. The Labute approximate surface area is 212 Å². The Bertz CT molecular complexity index is 1180. The predicted octanol–water partition coefficient (Wildman–Crippen LogP) is 5.56. The van der Waals surface area contributed by atoms with Crippen LogP contribution in [0, 0.1) is 3.57 Å². The Morgan fingerprint density at radius 1 is 0.909 bits per heavy atom. The first-order valence-corrected chi connectivity index (χ1v) is 12.1. The van der Waals surface area contributed by atoms with Crippen molar-refractivity contribution >= 4 is 63.5 Å². The van der Waals surface area contributed by atoms with E-state index in [-0.39, 0.29) is 11.8 Å². The summed E-state index contributed by atoms with van der Waals surface area (Å²) < 4.78 is 0.890. The van der Waals surface area contributed by atoms with Crippen LogP contribution in [0.3, 0.4) is 0 Å². The van der Waals surface area contributed by atoms with E-state index in [4.69, 9.17) is 11.6 Å². The summed E-state index contributed by atoms with van der Waals surface area (Å²) in [7, 11) is 0. The molecule has 168 valence electrons. The molecule has 1 heterocycles. The molecule has 1 aliphatic heterocycles. The van der Waals surface area contributed by atoms with Crippen LogP contribution in [-0.4, -0.2) is 42.9 Å². The maximum Gasteiger partial charge on any atom is 0.256 e. The Morgan fingerprint density at radius 3 is 2.30 bits per heavy atom. The average Bonchev–Trinajstić information content (AvgIpc) is 2.84. The molecule has 7 heteroatoms. The number of nitrogens with one attached hydrogen (secondary N) is 1. The van der Waals surface area contributed by atoms with E-state index in [1.807, 2.05) is 71.6 Å². The molecule has 4 rings (SSSR count). The molecular formula is C26H23ClIN3O2. The number of carbonyl (C=O) groups is 2. The lowest BCUT2D eigenvalue weighted by molar-refractivity contribution is -0.126. The van der Waals surface area contributed by atoms with E-state index < -0.39 is 0 Å². The van der Waals surface area contributed by atoms with Crippen LogP contribution in [0.2, 0.25) is 5.02 Å². The Balaban J connectivity index is 1.35. The van der Waals surface area contributed by atoms with Gasteiger partial charge < -0.3 is 15.1 Å². The molecule has 1 saturated heterocycles. The van der Waals surface area contributed by atoms with Crippen molar-refractivity contribution in [2.75, 3.05) is 36.4 Å². The molecular weight excluding hydrogens is 549 g/mol. The van der Waals surface area contributed by atoms with E-state index in [2.05, 4.69) is 32.8 Å². The van der Waals surface area contributed by atoms with Gasteiger partial charge in [0.2, 0.25) is 5.91 Å². The van der Waals surface area contributed by atoms with Crippen molar-refractivity contribution in [1.82, 2.24) is 4.90 Å². The summed E-state index contributed by atoms with van der Waals surface area (Å²) in [5.74, 6) is -0.155. The average molecular weight is 572 g/mol. The fourth-order valence-electron chi connectivity index (χ4n) is 3.69. The molecule has 0 unspecified atom stereocenters. The number of anilines is 2. The van der Waals surface area contributed by atoms with Crippen molar-refractivity contribution in [1.29, 1.82) is 0 Å².